The van der Waals surface area contributed by atoms with Crippen molar-refractivity contribution < 1.29 is 0 Å². The second kappa shape index (κ2) is 6.54. The highest BCUT2D eigenvalue weighted by atomic mass is 14.9. The summed E-state index contributed by atoms with van der Waals surface area (Å²) in [7, 11) is 0. The smallest absolute Gasteiger partial charge is 0.00388 e. The Balaban J connectivity index is 1.15. The fourth-order valence-corrected chi connectivity index (χ4v) is 7.66. The molecule has 0 saturated heterocycles. The number of hydrogen-bond donors (Lipinski definition) is 1. The van der Waals surface area contributed by atoms with E-state index >= 15 is 0 Å². The highest BCUT2D eigenvalue weighted by Crippen LogP contribution is 2.62. The van der Waals surface area contributed by atoms with Crippen LogP contribution in [0.15, 0.2) is 0 Å². The summed E-state index contributed by atoms with van der Waals surface area (Å²) in [6.07, 6.45) is 13.4. The Bertz CT molecular complexity index is 474. The van der Waals surface area contributed by atoms with Gasteiger partial charge in [-0.15, -0.1) is 0 Å². The normalized spacial score (nSPS) is 44.5. The molecule has 0 radical (unpaired) electrons. The Morgan fingerprint density at radius 3 is 1.96 bits per heavy atom. The van der Waals surface area contributed by atoms with Gasteiger partial charge in [0.05, 0.1) is 0 Å². The van der Waals surface area contributed by atoms with Crippen LogP contribution in [0, 0.1) is 46.3 Å². The van der Waals surface area contributed by atoms with Crippen LogP contribution in [0.2, 0.25) is 0 Å². The average molecular weight is 346 g/mol. The zero-order valence-corrected chi connectivity index (χ0v) is 17.6. The van der Waals surface area contributed by atoms with E-state index in [9.17, 15) is 0 Å². The molecule has 0 aromatic carbocycles. The Morgan fingerprint density at radius 2 is 1.40 bits per heavy atom. The molecule has 0 amide bonds. The van der Waals surface area contributed by atoms with E-state index in [2.05, 4.69) is 39.9 Å². The minimum absolute atomic E-state index is 0.641. The summed E-state index contributed by atoms with van der Waals surface area (Å²) in [6, 6.07) is 0.714. The van der Waals surface area contributed by atoms with E-state index in [0.717, 1.165) is 35.5 Å². The molecule has 6 aliphatic carbocycles. The maximum absolute atomic E-state index is 3.92. The van der Waals surface area contributed by atoms with E-state index in [1.54, 1.807) is 6.42 Å². The fourth-order valence-electron chi connectivity index (χ4n) is 7.66. The first-order valence-corrected chi connectivity index (χ1v) is 11.5. The van der Waals surface area contributed by atoms with Gasteiger partial charge in [0.15, 0.2) is 0 Å². The molecule has 1 nitrogen and oxygen atoms in total. The van der Waals surface area contributed by atoms with Gasteiger partial charge in [-0.1, -0.05) is 40.5 Å². The van der Waals surface area contributed by atoms with E-state index in [4.69, 9.17) is 0 Å². The standard InChI is InChI=1S/C24H43N/c1-16(25-15-18-10-12-20-14-22(18)24(20,4)5)7-6-8-17-9-11-19-13-21(17)23(19,2)3/h16-22,25H,6-15H2,1-5H3/t16?,17?,18-,19?,20?,21-,22-/m0/s1. The summed E-state index contributed by atoms with van der Waals surface area (Å²) in [6.45, 7) is 13.8. The maximum Gasteiger partial charge on any atom is 0.00388 e. The van der Waals surface area contributed by atoms with Crippen LogP contribution in [0.1, 0.15) is 92.4 Å². The third-order valence-corrected chi connectivity index (χ3v) is 9.94. The molecular weight excluding hydrogens is 302 g/mol. The molecule has 4 unspecified atom stereocenters. The number of hydrogen-bond acceptors (Lipinski definition) is 1. The SMILES string of the molecule is CC(CCCC1CCC2C[C@@H]1C2(C)C)NC[C@@H]1CCC2C[C@@H]1C2(C)C. The molecule has 6 fully saturated rings. The second-order valence-corrected chi connectivity index (χ2v) is 11.6. The lowest BCUT2D eigenvalue weighted by molar-refractivity contribution is -0.107. The van der Waals surface area contributed by atoms with Crippen LogP contribution in [0.5, 0.6) is 0 Å². The van der Waals surface area contributed by atoms with Crippen molar-refractivity contribution in [3.8, 4) is 0 Å². The zero-order chi connectivity index (χ0) is 17.8. The Hall–Kier alpha value is -0.0400. The lowest BCUT2D eigenvalue weighted by Crippen LogP contribution is -2.54. The minimum atomic E-state index is 0.641. The molecule has 0 aromatic heterocycles. The molecule has 4 bridgehead atoms. The number of fused-ring (bicyclic) bond motifs is 4. The third-order valence-electron chi connectivity index (χ3n) is 9.94. The molecule has 6 saturated carbocycles. The van der Waals surface area contributed by atoms with Gasteiger partial charge in [-0.05, 0) is 105 Å². The van der Waals surface area contributed by atoms with Crippen molar-refractivity contribution in [1.29, 1.82) is 0 Å². The molecule has 1 heteroatoms. The molecule has 0 spiro atoms. The van der Waals surface area contributed by atoms with Gasteiger partial charge in [-0.3, -0.25) is 0 Å². The summed E-state index contributed by atoms with van der Waals surface area (Å²) < 4.78 is 0. The Morgan fingerprint density at radius 1 is 0.840 bits per heavy atom. The predicted octanol–water partition coefficient (Wildman–Crippen LogP) is 6.28. The molecule has 1 N–H and O–H groups in total. The van der Waals surface area contributed by atoms with Crippen LogP contribution in [-0.2, 0) is 0 Å². The predicted molar refractivity (Wildman–Crippen MR) is 108 cm³/mol. The van der Waals surface area contributed by atoms with Crippen molar-refractivity contribution in [2.24, 2.45) is 46.3 Å². The number of nitrogens with one attached hydrogen (secondary N) is 1. The Labute approximate surface area is 157 Å². The van der Waals surface area contributed by atoms with Crippen molar-refractivity contribution in [2.75, 3.05) is 6.54 Å². The first-order chi connectivity index (χ1) is 11.8. The first kappa shape index (κ1) is 18.3. The zero-order valence-electron chi connectivity index (χ0n) is 17.6. The molecule has 0 aromatic rings. The summed E-state index contributed by atoms with van der Waals surface area (Å²) >= 11 is 0. The Kier molecular flexibility index (Phi) is 4.79. The quantitative estimate of drug-likeness (QED) is 0.572. The highest BCUT2D eigenvalue weighted by molar-refractivity contribution is 5.04. The molecule has 6 rings (SSSR count). The minimum Gasteiger partial charge on any atom is -0.314 e. The largest absolute Gasteiger partial charge is 0.314 e. The van der Waals surface area contributed by atoms with E-state index in [1.165, 1.54) is 57.9 Å². The van der Waals surface area contributed by atoms with Crippen molar-refractivity contribution in [2.45, 2.75) is 98.4 Å². The van der Waals surface area contributed by atoms with Gasteiger partial charge in [0.25, 0.3) is 0 Å². The second-order valence-electron chi connectivity index (χ2n) is 11.6. The third kappa shape index (κ3) is 3.11. The van der Waals surface area contributed by atoms with Gasteiger partial charge in [-0.2, -0.15) is 0 Å². The summed E-state index contributed by atoms with van der Waals surface area (Å²) in [4.78, 5) is 0. The van der Waals surface area contributed by atoms with E-state index in [0.29, 0.717) is 16.9 Å². The molecule has 0 aliphatic heterocycles. The summed E-state index contributed by atoms with van der Waals surface area (Å²) in [5, 5.41) is 3.92. The number of rotatable bonds is 7. The maximum atomic E-state index is 3.92. The van der Waals surface area contributed by atoms with Gasteiger partial charge in [0.2, 0.25) is 0 Å². The van der Waals surface area contributed by atoms with Gasteiger partial charge in [0, 0.05) is 6.04 Å². The monoisotopic (exact) mass is 345 g/mol. The molecule has 6 aliphatic rings. The van der Waals surface area contributed by atoms with Crippen LogP contribution < -0.4 is 5.32 Å². The lowest BCUT2D eigenvalue weighted by atomic mass is 9.45. The van der Waals surface area contributed by atoms with E-state index < -0.39 is 0 Å². The summed E-state index contributed by atoms with van der Waals surface area (Å²) in [5.41, 5.74) is 1.31. The summed E-state index contributed by atoms with van der Waals surface area (Å²) in [5.74, 6) is 6.14. The van der Waals surface area contributed by atoms with E-state index in [-0.39, 0.29) is 0 Å². The van der Waals surface area contributed by atoms with Crippen molar-refractivity contribution >= 4 is 0 Å². The first-order valence-electron chi connectivity index (χ1n) is 11.5. The van der Waals surface area contributed by atoms with Crippen molar-refractivity contribution in [1.82, 2.24) is 5.32 Å². The van der Waals surface area contributed by atoms with Crippen molar-refractivity contribution in [3.05, 3.63) is 0 Å². The highest BCUT2D eigenvalue weighted by Gasteiger charge is 2.54. The average Bonchev–Trinajstić information content (AvgIpc) is 2.60. The topological polar surface area (TPSA) is 12.0 Å². The van der Waals surface area contributed by atoms with Crippen LogP contribution in [-0.4, -0.2) is 12.6 Å². The molecule has 144 valence electrons. The molecule has 7 atom stereocenters. The van der Waals surface area contributed by atoms with Gasteiger partial charge >= 0.3 is 0 Å². The van der Waals surface area contributed by atoms with Gasteiger partial charge in [-0.25, -0.2) is 0 Å². The van der Waals surface area contributed by atoms with Crippen LogP contribution in [0.3, 0.4) is 0 Å². The molecular formula is C24H43N. The van der Waals surface area contributed by atoms with Crippen molar-refractivity contribution in [3.63, 3.8) is 0 Å². The van der Waals surface area contributed by atoms with Crippen LogP contribution >= 0.6 is 0 Å². The molecule has 25 heavy (non-hydrogen) atoms. The van der Waals surface area contributed by atoms with Gasteiger partial charge in [0.1, 0.15) is 0 Å². The molecule has 0 heterocycles. The van der Waals surface area contributed by atoms with Crippen LogP contribution in [0.25, 0.3) is 0 Å². The van der Waals surface area contributed by atoms with Gasteiger partial charge < -0.3 is 5.32 Å². The van der Waals surface area contributed by atoms with Crippen LogP contribution in [0.4, 0.5) is 0 Å². The van der Waals surface area contributed by atoms with E-state index in [1.807, 2.05) is 0 Å². The lowest BCUT2D eigenvalue weighted by Gasteiger charge is -2.60. The fraction of sp³-hybridized carbons (Fsp3) is 1.00.